The van der Waals surface area contributed by atoms with Crippen LogP contribution < -0.4 is 0 Å². The van der Waals surface area contributed by atoms with Crippen molar-refractivity contribution in [3.8, 4) is 0 Å². The molecule has 4 nitrogen and oxygen atoms in total. The summed E-state index contributed by atoms with van der Waals surface area (Å²) in [5, 5.41) is 9.66. The first-order valence-electron chi connectivity index (χ1n) is 5.51. The Morgan fingerprint density at radius 1 is 1.33 bits per heavy atom. The maximum Gasteiger partial charge on any atom is 0.307 e. The van der Waals surface area contributed by atoms with Crippen molar-refractivity contribution in [2.45, 2.75) is 13.3 Å². The minimum atomic E-state index is -0.916. The van der Waals surface area contributed by atoms with Crippen molar-refractivity contribution in [1.82, 2.24) is 4.57 Å². The lowest BCUT2D eigenvalue weighted by atomic mass is 10.1. The van der Waals surface area contributed by atoms with Crippen LogP contribution in [0.5, 0.6) is 0 Å². The Balaban J connectivity index is 2.64. The summed E-state index contributed by atoms with van der Waals surface area (Å²) in [4.78, 5) is 22.8. The van der Waals surface area contributed by atoms with Gasteiger partial charge in [-0.1, -0.05) is 24.8 Å². The zero-order chi connectivity index (χ0) is 13.3. The number of nitrogens with zero attached hydrogens (tertiary/aromatic N) is 1. The molecule has 0 saturated heterocycles. The summed E-state index contributed by atoms with van der Waals surface area (Å²) in [5.41, 5.74) is 1.76. The van der Waals surface area contributed by atoms with Gasteiger partial charge < -0.3 is 5.11 Å². The second-order valence-corrected chi connectivity index (χ2v) is 4.20. The number of carbonyl (C=O) groups is 2. The normalized spacial score (nSPS) is 10.5. The predicted octanol–water partition coefficient (Wildman–Crippen LogP) is 2.48. The number of carboxylic acid groups (broad SMARTS) is 1. The number of allylic oxidation sites excluding steroid dienone is 1. The van der Waals surface area contributed by atoms with Crippen LogP contribution in [0.25, 0.3) is 10.9 Å². The smallest absolute Gasteiger partial charge is 0.307 e. The van der Waals surface area contributed by atoms with E-state index in [4.69, 9.17) is 5.11 Å². The molecule has 1 aromatic heterocycles. The highest BCUT2D eigenvalue weighted by Gasteiger charge is 2.15. The van der Waals surface area contributed by atoms with Crippen LogP contribution in [0.1, 0.15) is 17.3 Å². The largest absolute Gasteiger partial charge is 0.481 e. The lowest BCUT2D eigenvalue weighted by Crippen LogP contribution is -2.09. The van der Waals surface area contributed by atoms with E-state index in [0.717, 1.165) is 5.39 Å². The molecule has 1 heterocycles. The van der Waals surface area contributed by atoms with E-state index in [-0.39, 0.29) is 12.3 Å². The summed E-state index contributed by atoms with van der Waals surface area (Å²) in [7, 11) is 0. The average molecular weight is 243 g/mol. The van der Waals surface area contributed by atoms with Gasteiger partial charge >= 0.3 is 5.97 Å². The fourth-order valence-electron chi connectivity index (χ4n) is 1.93. The lowest BCUT2D eigenvalue weighted by Gasteiger charge is -2.02. The number of aromatic nitrogens is 1. The predicted molar refractivity (Wildman–Crippen MR) is 68.7 cm³/mol. The second kappa shape index (κ2) is 4.49. The Morgan fingerprint density at radius 3 is 2.61 bits per heavy atom. The molecule has 1 aromatic carbocycles. The van der Waals surface area contributed by atoms with E-state index < -0.39 is 5.97 Å². The molecule has 0 aliphatic heterocycles. The van der Waals surface area contributed by atoms with Crippen molar-refractivity contribution < 1.29 is 14.7 Å². The van der Waals surface area contributed by atoms with Gasteiger partial charge in [0.2, 0.25) is 0 Å². The quantitative estimate of drug-likeness (QED) is 0.842. The molecule has 0 aliphatic carbocycles. The SMILES string of the molecule is C=C(C)C(=O)n1cc(CC(=O)O)c2ccccc21. The van der Waals surface area contributed by atoms with Crippen LogP contribution in [-0.4, -0.2) is 21.6 Å². The standard InChI is InChI=1S/C14H13NO3/c1-9(2)14(18)15-8-10(7-13(16)17)11-5-3-4-6-12(11)15/h3-6,8H,1,7H2,2H3,(H,16,17). The molecule has 0 bridgehead atoms. The van der Waals surface area contributed by atoms with Gasteiger partial charge in [0.1, 0.15) is 0 Å². The number of rotatable bonds is 3. The molecule has 0 aliphatic rings. The third kappa shape index (κ3) is 2.05. The van der Waals surface area contributed by atoms with E-state index >= 15 is 0 Å². The number of carboxylic acids is 1. The van der Waals surface area contributed by atoms with Crippen LogP contribution in [0.4, 0.5) is 0 Å². The number of hydrogen-bond donors (Lipinski definition) is 1. The number of carbonyl (C=O) groups excluding carboxylic acids is 1. The molecule has 2 aromatic rings. The number of para-hydroxylation sites is 1. The average Bonchev–Trinajstić information content (AvgIpc) is 2.67. The third-order valence-electron chi connectivity index (χ3n) is 2.72. The van der Waals surface area contributed by atoms with Crippen molar-refractivity contribution in [2.24, 2.45) is 0 Å². The molecule has 0 fully saturated rings. The van der Waals surface area contributed by atoms with E-state index in [0.29, 0.717) is 16.7 Å². The van der Waals surface area contributed by atoms with E-state index in [2.05, 4.69) is 6.58 Å². The van der Waals surface area contributed by atoms with Gasteiger partial charge in [-0.15, -0.1) is 0 Å². The van der Waals surface area contributed by atoms with Crippen LogP contribution >= 0.6 is 0 Å². The summed E-state index contributed by atoms with van der Waals surface area (Å²) in [6.45, 7) is 5.25. The van der Waals surface area contributed by atoms with Crippen LogP contribution in [0, 0.1) is 0 Å². The fraction of sp³-hybridized carbons (Fsp3) is 0.143. The maximum atomic E-state index is 12.0. The topological polar surface area (TPSA) is 59.3 Å². The first-order chi connectivity index (χ1) is 8.50. The molecular weight excluding hydrogens is 230 g/mol. The van der Waals surface area contributed by atoms with Crippen LogP contribution in [0.3, 0.4) is 0 Å². The summed E-state index contributed by atoms with van der Waals surface area (Å²) in [6, 6.07) is 7.25. The molecule has 2 rings (SSSR count). The van der Waals surface area contributed by atoms with Gasteiger partial charge in [-0.3, -0.25) is 14.2 Å². The molecule has 18 heavy (non-hydrogen) atoms. The Labute approximate surface area is 104 Å². The van der Waals surface area contributed by atoms with Gasteiger partial charge in [0.15, 0.2) is 0 Å². The zero-order valence-electron chi connectivity index (χ0n) is 10.0. The molecular formula is C14H13NO3. The van der Waals surface area contributed by atoms with Crippen molar-refractivity contribution in [2.75, 3.05) is 0 Å². The van der Waals surface area contributed by atoms with Gasteiger partial charge in [0, 0.05) is 17.2 Å². The minimum absolute atomic E-state index is 0.100. The highest BCUT2D eigenvalue weighted by molar-refractivity contribution is 6.02. The van der Waals surface area contributed by atoms with Crippen molar-refractivity contribution >= 4 is 22.8 Å². The van der Waals surface area contributed by atoms with Gasteiger partial charge in [0.05, 0.1) is 11.9 Å². The summed E-state index contributed by atoms with van der Waals surface area (Å²) in [6.07, 6.45) is 1.48. The molecule has 1 N–H and O–H groups in total. The lowest BCUT2D eigenvalue weighted by molar-refractivity contribution is -0.136. The molecule has 92 valence electrons. The van der Waals surface area contributed by atoms with E-state index in [1.54, 1.807) is 19.2 Å². The summed E-state index contributed by atoms with van der Waals surface area (Å²) in [5.74, 6) is -1.14. The Kier molecular flexibility index (Phi) is 3.02. The molecule has 0 radical (unpaired) electrons. The van der Waals surface area contributed by atoms with Crippen LogP contribution in [0.15, 0.2) is 42.6 Å². The van der Waals surface area contributed by atoms with Gasteiger partial charge in [0.25, 0.3) is 5.91 Å². The Morgan fingerprint density at radius 2 is 2.00 bits per heavy atom. The number of benzene rings is 1. The maximum absolute atomic E-state index is 12.0. The Hall–Kier alpha value is -2.36. The monoisotopic (exact) mass is 243 g/mol. The second-order valence-electron chi connectivity index (χ2n) is 4.20. The van der Waals surface area contributed by atoms with E-state index in [1.165, 1.54) is 4.57 Å². The zero-order valence-corrected chi connectivity index (χ0v) is 10.0. The molecule has 0 amide bonds. The number of fused-ring (bicyclic) bond motifs is 1. The Bertz CT molecular complexity index is 652. The summed E-state index contributed by atoms with van der Waals surface area (Å²) >= 11 is 0. The van der Waals surface area contributed by atoms with E-state index in [9.17, 15) is 9.59 Å². The molecule has 4 heteroatoms. The first kappa shape index (κ1) is 12.1. The highest BCUT2D eigenvalue weighted by Crippen LogP contribution is 2.22. The fourth-order valence-corrected chi connectivity index (χ4v) is 1.93. The molecule has 0 unspecified atom stereocenters. The summed E-state index contributed by atoms with van der Waals surface area (Å²) < 4.78 is 1.45. The van der Waals surface area contributed by atoms with Gasteiger partial charge in [-0.25, -0.2) is 0 Å². The van der Waals surface area contributed by atoms with Crippen molar-refractivity contribution in [3.05, 3.63) is 48.2 Å². The number of hydrogen-bond acceptors (Lipinski definition) is 2. The first-order valence-corrected chi connectivity index (χ1v) is 5.51. The molecule has 0 saturated carbocycles. The van der Waals surface area contributed by atoms with Crippen molar-refractivity contribution in [1.29, 1.82) is 0 Å². The van der Waals surface area contributed by atoms with Gasteiger partial charge in [-0.2, -0.15) is 0 Å². The highest BCUT2D eigenvalue weighted by atomic mass is 16.4. The minimum Gasteiger partial charge on any atom is -0.481 e. The van der Waals surface area contributed by atoms with E-state index in [1.807, 2.05) is 18.2 Å². The van der Waals surface area contributed by atoms with Gasteiger partial charge in [-0.05, 0) is 18.6 Å². The molecule has 0 spiro atoms. The third-order valence-corrected chi connectivity index (χ3v) is 2.72. The number of aliphatic carboxylic acids is 1. The molecule has 0 atom stereocenters. The van der Waals surface area contributed by atoms with Crippen LogP contribution in [0.2, 0.25) is 0 Å². The van der Waals surface area contributed by atoms with Crippen LogP contribution in [-0.2, 0) is 11.2 Å². The van der Waals surface area contributed by atoms with Crippen molar-refractivity contribution in [3.63, 3.8) is 0 Å².